The number of allylic oxidation sites excluding steroid dienone is 6. The van der Waals surface area contributed by atoms with Crippen LogP contribution >= 0.6 is 0 Å². The van der Waals surface area contributed by atoms with Crippen LogP contribution in [0.15, 0.2) is 42.5 Å². The topological polar surface area (TPSA) is 0 Å². The molecule has 0 fully saturated rings. The third-order valence-corrected chi connectivity index (χ3v) is 5.10. The van der Waals surface area contributed by atoms with Crippen molar-refractivity contribution in [2.75, 3.05) is 0 Å². The lowest BCUT2D eigenvalue weighted by molar-refractivity contribution is -0.125. The van der Waals surface area contributed by atoms with Gasteiger partial charge in [0.2, 0.25) is 0 Å². The summed E-state index contributed by atoms with van der Waals surface area (Å²) in [5.74, 6) is -1.16. The van der Waals surface area contributed by atoms with Crippen LogP contribution in [0.4, 0.5) is 22.0 Å². The summed E-state index contributed by atoms with van der Waals surface area (Å²) in [6, 6.07) is 3.14. The predicted octanol–water partition coefficient (Wildman–Crippen LogP) is 7.95. The van der Waals surface area contributed by atoms with Crippen molar-refractivity contribution < 1.29 is 22.0 Å². The number of benzene rings is 1. The molecule has 2 rings (SSSR count). The number of halogens is 5. The molecule has 0 N–H and O–H groups in total. The van der Waals surface area contributed by atoms with Gasteiger partial charge < -0.3 is 0 Å². The molecule has 0 aliphatic heterocycles. The molecule has 0 saturated carbocycles. The molecule has 1 unspecified atom stereocenters. The Labute approximate surface area is 163 Å². The summed E-state index contributed by atoms with van der Waals surface area (Å²) in [4.78, 5) is 0. The van der Waals surface area contributed by atoms with Crippen LogP contribution in [0.3, 0.4) is 0 Å². The molecular formula is C23H27F5. The van der Waals surface area contributed by atoms with Gasteiger partial charge in [0.25, 0.3) is 0 Å². The lowest BCUT2D eigenvalue weighted by atomic mass is 9.84. The van der Waals surface area contributed by atoms with Gasteiger partial charge in [-0.2, -0.15) is 13.2 Å². The summed E-state index contributed by atoms with van der Waals surface area (Å²) in [7, 11) is 0. The van der Waals surface area contributed by atoms with E-state index in [9.17, 15) is 22.0 Å². The molecule has 0 spiro atoms. The Bertz CT molecular complexity index is 725. The SMILES string of the molecule is CC=CCCC1CC=C(c2ccc(CCC=CCC(F)(F)F)c(F)c2F)CC1. The van der Waals surface area contributed by atoms with E-state index in [4.69, 9.17) is 0 Å². The maximum Gasteiger partial charge on any atom is 0.392 e. The van der Waals surface area contributed by atoms with E-state index >= 15 is 0 Å². The second kappa shape index (κ2) is 10.6. The smallest absolute Gasteiger partial charge is 0.203 e. The third kappa shape index (κ3) is 6.92. The summed E-state index contributed by atoms with van der Waals surface area (Å²) < 4.78 is 65.1. The first-order valence-corrected chi connectivity index (χ1v) is 9.81. The van der Waals surface area contributed by atoms with Gasteiger partial charge in [-0.3, -0.25) is 0 Å². The first-order valence-electron chi connectivity index (χ1n) is 9.81. The minimum absolute atomic E-state index is 0.170. The monoisotopic (exact) mass is 398 g/mol. The van der Waals surface area contributed by atoms with E-state index in [0.29, 0.717) is 11.5 Å². The molecule has 1 aromatic carbocycles. The van der Waals surface area contributed by atoms with Crippen LogP contribution in [0.1, 0.15) is 63.0 Å². The molecule has 0 radical (unpaired) electrons. The number of alkyl halides is 3. The zero-order chi connectivity index (χ0) is 20.6. The fraction of sp³-hybridized carbons (Fsp3) is 0.478. The molecule has 0 heterocycles. The summed E-state index contributed by atoms with van der Waals surface area (Å²) in [5.41, 5.74) is 1.34. The first kappa shape index (κ1) is 22.4. The lowest BCUT2D eigenvalue weighted by Gasteiger charge is -2.22. The van der Waals surface area contributed by atoms with E-state index in [2.05, 4.69) is 6.08 Å². The highest BCUT2D eigenvalue weighted by Gasteiger charge is 2.24. The molecule has 1 aliphatic rings. The van der Waals surface area contributed by atoms with Crippen molar-refractivity contribution in [3.8, 4) is 0 Å². The van der Waals surface area contributed by atoms with Crippen molar-refractivity contribution in [3.63, 3.8) is 0 Å². The van der Waals surface area contributed by atoms with Crippen molar-refractivity contribution in [2.45, 2.75) is 64.5 Å². The van der Waals surface area contributed by atoms with Crippen molar-refractivity contribution in [1.29, 1.82) is 0 Å². The zero-order valence-electron chi connectivity index (χ0n) is 16.2. The van der Waals surface area contributed by atoms with E-state index in [1.54, 1.807) is 12.1 Å². The minimum atomic E-state index is -4.24. The Balaban J connectivity index is 1.96. The molecule has 1 atom stereocenters. The van der Waals surface area contributed by atoms with Crippen molar-refractivity contribution in [3.05, 3.63) is 65.3 Å². The Kier molecular flexibility index (Phi) is 8.46. The Morgan fingerprint density at radius 2 is 1.82 bits per heavy atom. The molecule has 1 aliphatic carbocycles. The predicted molar refractivity (Wildman–Crippen MR) is 104 cm³/mol. The molecule has 1 aromatic rings. The fourth-order valence-corrected chi connectivity index (χ4v) is 3.50. The Morgan fingerprint density at radius 3 is 2.46 bits per heavy atom. The second-order valence-electron chi connectivity index (χ2n) is 7.25. The highest BCUT2D eigenvalue weighted by Crippen LogP contribution is 2.34. The highest BCUT2D eigenvalue weighted by atomic mass is 19.4. The van der Waals surface area contributed by atoms with Gasteiger partial charge in [0, 0.05) is 5.56 Å². The average Bonchev–Trinajstić information content (AvgIpc) is 2.65. The molecular weight excluding hydrogens is 371 g/mol. The molecule has 0 saturated heterocycles. The Morgan fingerprint density at radius 1 is 1.04 bits per heavy atom. The largest absolute Gasteiger partial charge is 0.392 e. The Hall–Kier alpha value is -1.91. The molecule has 5 heteroatoms. The summed E-state index contributed by atoms with van der Waals surface area (Å²) >= 11 is 0. The van der Waals surface area contributed by atoms with Crippen LogP contribution in [0.2, 0.25) is 0 Å². The van der Waals surface area contributed by atoms with E-state index in [1.807, 2.05) is 19.1 Å². The number of aryl methyl sites for hydroxylation is 1. The van der Waals surface area contributed by atoms with Gasteiger partial charge in [-0.25, -0.2) is 8.78 Å². The summed E-state index contributed by atoms with van der Waals surface area (Å²) in [5, 5.41) is 0. The van der Waals surface area contributed by atoms with Crippen LogP contribution in [0.5, 0.6) is 0 Å². The van der Waals surface area contributed by atoms with Gasteiger partial charge in [-0.1, -0.05) is 42.5 Å². The van der Waals surface area contributed by atoms with Crippen LogP contribution in [-0.4, -0.2) is 6.18 Å². The molecule has 0 aromatic heterocycles. The van der Waals surface area contributed by atoms with Gasteiger partial charge >= 0.3 is 6.18 Å². The van der Waals surface area contributed by atoms with Gasteiger partial charge in [0.05, 0.1) is 6.42 Å². The fourth-order valence-electron chi connectivity index (χ4n) is 3.50. The van der Waals surface area contributed by atoms with E-state index in [0.717, 1.165) is 43.8 Å². The lowest BCUT2D eigenvalue weighted by Crippen LogP contribution is -2.07. The van der Waals surface area contributed by atoms with E-state index < -0.39 is 24.2 Å². The van der Waals surface area contributed by atoms with Crippen LogP contribution in [0.25, 0.3) is 5.57 Å². The summed E-state index contributed by atoms with van der Waals surface area (Å²) in [6.45, 7) is 2.00. The third-order valence-electron chi connectivity index (χ3n) is 5.10. The number of hydrogen-bond acceptors (Lipinski definition) is 0. The molecule has 0 amide bonds. The second-order valence-corrected chi connectivity index (χ2v) is 7.25. The van der Waals surface area contributed by atoms with Crippen LogP contribution in [0, 0.1) is 17.6 Å². The number of rotatable bonds is 8. The van der Waals surface area contributed by atoms with Gasteiger partial charge in [-0.15, -0.1) is 0 Å². The van der Waals surface area contributed by atoms with Gasteiger partial charge in [-0.05, 0) is 68.9 Å². The molecule has 0 bridgehead atoms. The molecule has 28 heavy (non-hydrogen) atoms. The average molecular weight is 398 g/mol. The van der Waals surface area contributed by atoms with E-state index in [-0.39, 0.29) is 18.4 Å². The van der Waals surface area contributed by atoms with Crippen molar-refractivity contribution in [2.24, 2.45) is 5.92 Å². The minimum Gasteiger partial charge on any atom is -0.203 e. The zero-order valence-corrected chi connectivity index (χ0v) is 16.2. The molecule has 0 nitrogen and oxygen atoms in total. The quantitative estimate of drug-likeness (QED) is 0.308. The first-order chi connectivity index (χ1) is 13.3. The normalized spacial score (nSPS) is 18.2. The maximum absolute atomic E-state index is 14.5. The maximum atomic E-state index is 14.5. The van der Waals surface area contributed by atoms with Crippen LogP contribution < -0.4 is 0 Å². The standard InChI is InChI=1S/C23H27F5/c1-2-3-5-8-17-10-12-18(13-11-17)20-15-14-19(21(24)22(20)25)9-6-4-7-16-23(26,27)28/h2-4,7,12,14-15,17H,5-6,8-11,13,16H2,1H3. The molecule has 154 valence electrons. The van der Waals surface area contributed by atoms with Gasteiger partial charge in [0.15, 0.2) is 11.6 Å². The van der Waals surface area contributed by atoms with Crippen molar-refractivity contribution >= 4 is 5.57 Å². The van der Waals surface area contributed by atoms with E-state index in [1.165, 1.54) is 6.08 Å². The van der Waals surface area contributed by atoms with Crippen LogP contribution in [-0.2, 0) is 6.42 Å². The number of hydrogen-bond donors (Lipinski definition) is 0. The summed E-state index contributed by atoms with van der Waals surface area (Å²) in [6.07, 6.45) is 8.45. The van der Waals surface area contributed by atoms with Crippen molar-refractivity contribution in [1.82, 2.24) is 0 Å². The van der Waals surface area contributed by atoms with Gasteiger partial charge in [0.1, 0.15) is 0 Å². The highest BCUT2D eigenvalue weighted by molar-refractivity contribution is 5.67.